The van der Waals surface area contributed by atoms with Crippen molar-refractivity contribution in [2.75, 3.05) is 33.1 Å². The summed E-state index contributed by atoms with van der Waals surface area (Å²) < 4.78 is 11.6. The van der Waals surface area contributed by atoms with Crippen LogP contribution in [0.2, 0.25) is 5.02 Å². The van der Waals surface area contributed by atoms with Crippen molar-refractivity contribution in [3.63, 3.8) is 0 Å². The van der Waals surface area contributed by atoms with Gasteiger partial charge in [-0.25, -0.2) is 4.98 Å². The molecule has 3 rings (SSSR count). The summed E-state index contributed by atoms with van der Waals surface area (Å²) in [6, 6.07) is 11.3. The van der Waals surface area contributed by atoms with E-state index in [4.69, 9.17) is 21.1 Å². The van der Waals surface area contributed by atoms with Crippen LogP contribution in [0.5, 0.6) is 11.5 Å². The summed E-state index contributed by atoms with van der Waals surface area (Å²) in [5.41, 5.74) is 1.48. The second-order valence-corrected chi connectivity index (χ2v) is 7.82. The van der Waals surface area contributed by atoms with Crippen molar-refractivity contribution < 1.29 is 14.3 Å². The lowest BCUT2D eigenvalue weighted by Crippen LogP contribution is -2.32. The van der Waals surface area contributed by atoms with Crippen molar-refractivity contribution in [2.24, 2.45) is 0 Å². The average Bonchev–Trinajstić information content (AvgIpc) is 3.11. The zero-order valence-electron chi connectivity index (χ0n) is 16.2. The van der Waals surface area contributed by atoms with Crippen molar-refractivity contribution in [2.45, 2.75) is 13.0 Å². The van der Waals surface area contributed by atoms with E-state index in [2.05, 4.69) is 16.4 Å². The van der Waals surface area contributed by atoms with Gasteiger partial charge in [0.2, 0.25) is 5.91 Å². The monoisotopic (exact) mass is 419 g/mol. The van der Waals surface area contributed by atoms with Crippen LogP contribution in [-0.2, 0) is 4.79 Å². The number of methoxy groups -OCH3 is 2. The second kappa shape index (κ2) is 8.77. The molecule has 0 unspecified atom stereocenters. The number of para-hydroxylation sites is 1. The van der Waals surface area contributed by atoms with Crippen LogP contribution in [0.1, 0.15) is 18.0 Å². The van der Waals surface area contributed by atoms with Crippen LogP contribution in [-0.4, -0.2) is 43.6 Å². The predicted octanol–water partition coefficient (Wildman–Crippen LogP) is 4.60. The molecule has 2 aromatic carbocycles. The Balaban J connectivity index is 1.69. The third kappa shape index (κ3) is 4.38. The van der Waals surface area contributed by atoms with Gasteiger partial charge in [-0.2, -0.15) is 0 Å². The van der Waals surface area contributed by atoms with Gasteiger partial charge in [0.25, 0.3) is 0 Å². The molecule has 0 aliphatic carbocycles. The van der Waals surface area contributed by atoms with E-state index in [0.717, 1.165) is 15.2 Å². The lowest BCUT2D eigenvalue weighted by atomic mass is 10.2. The number of ether oxygens (including phenoxy) is 2. The normalized spacial score (nSPS) is 12.2. The number of fused-ring (bicyclic) bond motifs is 1. The number of likely N-dealkylation sites (N-methyl/N-ethyl adjacent to an activating group) is 1. The fraction of sp³-hybridized carbons (Fsp3) is 0.300. The van der Waals surface area contributed by atoms with Crippen LogP contribution in [0.25, 0.3) is 10.2 Å². The van der Waals surface area contributed by atoms with Gasteiger partial charge in [0, 0.05) is 6.07 Å². The summed E-state index contributed by atoms with van der Waals surface area (Å²) in [6.45, 7) is 2.24. The molecule has 8 heteroatoms. The van der Waals surface area contributed by atoms with Gasteiger partial charge >= 0.3 is 0 Å². The molecule has 1 atom stereocenters. The first-order chi connectivity index (χ1) is 13.4. The smallest absolute Gasteiger partial charge is 0.238 e. The SMILES string of the molecule is COc1cc(OC)c(NC(=O)CN(C)[C@H](C)c2nc3ccccc3s2)cc1Cl. The molecule has 0 spiro atoms. The molecular weight excluding hydrogens is 398 g/mol. The number of hydrogen-bond acceptors (Lipinski definition) is 6. The minimum Gasteiger partial charge on any atom is -0.495 e. The minimum absolute atomic E-state index is 0.00417. The fourth-order valence-electron chi connectivity index (χ4n) is 2.77. The molecule has 0 aliphatic rings. The number of nitrogens with one attached hydrogen (secondary N) is 1. The molecular formula is C20H22ClN3O3S. The third-order valence-corrected chi connectivity index (χ3v) is 5.97. The number of halogens is 1. The Bertz CT molecular complexity index is 959. The van der Waals surface area contributed by atoms with Crippen molar-refractivity contribution in [1.82, 2.24) is 9.88 Å². The molecule has 3 aromatic rings. The molecule has 6 nitrogen and oxygen atoms in total. The highest BCUT2D eigenvalue weighted by molar-refractivity contribution is 7.18. The Labute approximate surface area is 173 Å². The van der Waals surface area contributed by atoms with Gasteiger partial charge in [0.05, 0.1) is 47.7 Å². The molecule has 148 valence electrons. The van der Waals surface area contributed by atoms with Gasteiger partial charge in [-0.05, 0) is 32.2 Å². The zero-order chi connectivity index (χ0) is 20.3. The number of aromatic nitrogens is 1. The van der Waals surface area contributed by atoms with E-state index >= 15 is 0 Å². The van der Waals surface area contributed by atoms with E-state index in [1.165, 1.54) is 14.2 Å². The third-order valence-electron chi connectivity index (χ3n) is 4.47. The van der Waals surface area contributed by atoms with Crippen LogP contribution in [0.4, 0.5) is 5.69 Å². The molecule has 1 N–H and O–H groups in total. The number of amides is 1. The van der Waals surface area contributed by atoms with Gasteiger partial charge in [0.1, 0.15) is 16.5 Å². The molecule has 1 heterocycles. The van der Waals surface area contributed by atoms with Crippen LogP contribution in [0.15, 0.2) is 36.4 Å². The van der Waals surface area contributed by atoms with E-state index in [0.29, 0.717) is 22.2 Å². The van der Waals surface area contributed by atoms with Gasteiger partial charge in [-0.3, -0.25) is 9.69 Å². The van der Waals surface area contributed by atoms with Crippen LogP contribution >= 0.6 is 22.9 Å². The van der Waals surface area contributed by atoms with Gasteiger partial charge < -0.3 is 14.8 Å². The Morgan fingerprint density at radius 3 is 2.64 bits per heavy atom. The molecule has 28 heavy (non-hydrogen) atoms. The highest BCUT2D eigenvalue weighted by Crippen LogP contribution is 2.36. The molecule has 0 aliphatic heterocycles. The van der Waals surface area contributed by atoms with Crippen LogP contribution in [0.3, 0.4) is 0 Å². The predicted molar refractivity (Wildman–Crippen MR) is 114 cm³/mol. The van der Waals surface area contributed by atoms with E-state index in [1.807, 2.05) is 37.1 Å². The van der Waals surface area contributed by atoms with E-state index < -0.39 is 0 Å². The summed E-state index contributed by atoms with van der Waals surface area (Å²) in [5.74, 6) is 0.796. The number of rotatable bonds is 7. The molecule has 0 radical (unpaired) electrons. The summed E-state index contributed by atoms with van der Waals surface area (Å²) in [7, 11) is 4.95. The average molecular weight is 420 g/mol. The van der Waals surface area contributed by atoms with E-state index in [1.54, 1.807) is 23.5 Å². The Morgan fingerprint density at radius 2 is 1.96 bits per heavy atom. The largest absolute Gasteiger partial charge is 0.495 e. The van der Waals surface area contributed by atoms with Crippen molar-refractivity contribution in [3.8, 4) is 11.5 Å². The highest BCUT2D eigenvalue weighted by atomic mass is 35.5. The first-order valence-corrected chi connectivity index (χ1v) is 9.89. The van der Waals surface area contributed by atoms with Gasteiger partial charge in [-0.1, -0.05) is 23.7 Å². The molecule has 0 fully saturated rings. The van der Waals surface area contributed by atoms with Crippen molar-refractivity contribution in [3.05, 3.63) is 46.4 Å². The van der Waals surface area contributed by atoms with Crippen LogP contribution in [0, 0.1) is 0 Å². The molecule has 0 saturated heterocycles. The fourth-order valence-corrected chi connectivity index (χ4v) is 4.09. The topological polar surface area (TPSA) is 63.7 Å². The number of thiazole rings is 1. The lowest BCUT2D eigenvalue weighted by molar-refractivity contribution is -0.117. The minimum atomic E-state index is -0.171. The molecule has 1 aromatic heterocycles. The van der Waals surface area contributed by atoms with Crippen LogP contribution < -0.4 is 14.8 Å². The quantitative estimate of drug-likeness (QED) is 0.606. The first kappa shape index (κ1) is 20.4. The molecule has 0 bridgehead atoms. The molecule has 0 saturated carbocycles. The summed E-state index contributed by atoms with van der Waals surface area (Å²) in [4.78, 5) is 19.2. The Morgan fingerprint density at radius 1 is 1.25 bits per heavy atom. The maximum atomic E-state index is 12.6. The van der Waals surface area contributed by atoms with Crippen molar-refractivity contribution >= 4 is 44.7 Å². The standard InChI is InChI=1S/C20H22ClN3O3S/c1-12(20-23-14-7-5-6-8-18(14)28-20)24(2)11-19(25)22-15-9-13(21)16(26-3)10-17(15)27-4/h5-10,12H,11H2,1-4H3,(H,22,25)/t12-/m1/s1. The van der Waals surface area contributed by atoms with Gasteiger partial charge in [0.15, 0.2) is 0 Å². The maximum Gasteiger partial charge on any atom is 0.238 e. The summed E-state index contributed by atoms with van der Waals surface area (Å²) in [5, 5.41) is 4.23. The van der Waals surface area contributed by atoms with Crippen molar-refractivity contribution in [1.29, 1.82) is 0 Å². The summed E-state index contributed by atoms with van der Waals surface area (Å²) in [6.07, 6.45) is 0. The number of anilines is 1. The van der Waals surface area contributed by atoms with Gasteiger partial charge in [-0.15, -0.1) is 11.3 Å². The first-order valence-electron chi connectivity index (χ1n) is 8.70. The Kier molecular flexibility index (Phi) is 6.39. The lowest BCUT2D eigenvalue weighted by Gasteiger charge is -2.22. The summed E-state index contributed by atoms with van der Waals surface area (Å²) >= 11 is 7.81. The zero-order valence-corrected chi connectivity index (χ0v) is 17.7. The highest BCUT2D eigenvalue weighted by Gasteiger charge is 2.20. The molecule has 1 amide bonds. The number of carbonyl (C=O) groups is 1. The number of hydrogen-bond donors (Lipinski definition) is 1. The number of carbonyl (C=O) groups excluding carboxylic acids is 1. The van der Waals surface area contributed by atoms with E-state index in [9.17, 15) is 4.79 Å². The number of benzene rings is 2. The maximum absolute atomic E-state index is 12.6. The number of nitrogens with zero attached hydrogens (tertiary/aromatic N) is 2. The van der Waals surface area contributed by atoms with E-state index in [-0.39, 0.29) is 18.5 Å². The second-order valence-electron chi connectivity index (χ2n) is 6.35. The Hall–Kier alpha value is -2.35.